The maximum atomic E-state index is 5.96. The number of nitrogens with two attached hydrogens (primary N) is 1. The molecule has 0 aliphatic carbocycles. The Balaban J connectivity index is 0.00000162. The van der Waals surface area contributed by atoms with E-state index in [-0.39, 0.29) is 24.4 Å². The first-order valence-corrected chi connectivity index (χ1v) is 5.74. The zero-order chi connectivity index (χ0) is 12.4. The number of hydrogen-bond acceptors (Lipinski definition) is 4. The molecule has 1 aromatic heterocycles. The molecule has 98 valence electrons. The summed E-state index contributed by atoms with van der Waals surface area (Å²) < 4.78 is 5.19. The van der Waals surface area contributed by atoms with Gasteiger partial charge in [-0.3, -0.25) is 0 Å². The third-order valence-corrected chi connectivity index (χ3v) is 2.75. The van der Waals surface area contributed by atoms with Crippen LogP contribution in [-0.4, -0.2) is 10.1 Å². The molecule has 0 fully saturated rings. The highest BCUT2D eigenvalue weighted by Gasteiger charge is 2.18. The minimum atomic E-state index is -0.207. The molecule has 1 heterocycles. The van der Waals surface area contributed by atoms with E-state index >= 15 is 0 Å². The summed E-state index contributed by atoms with van der Waals surface area (Å²) in [6, 6.07) is 7.79. The topological polar surface area (TPSA) is 64.9 Å². The first-order valence-electron chi connectivity index (χ1n) is 5.74. The molecule has 1 atom stereocenters. The summed E-state index contributed by atoms with van der Waals surface area (Å²) in [5.74, 6) is 1.37. The lowest BCUT2D eigenvalue weighted by molar-refractivity contribution is 0.325. The highest BCUT2D eigenvalue weighted by atomic mass is 35.5. The van der Waals surface area contributed by atoms with Gasteiger partial charge >= 0.3 is 0 Å². The van der Waals surface area contributed by atoms with Crippen molar-refractivity contribution in [2.24, 2.45) is 11.7 Å². The Morgan fingerprint density at radius 2 is 1.78 bits per heavy atom. The lowest BCUT2D eigenvalue weighted by Crippen LogP contribution is -2.16. The Morgan fingerprint density at radius 1 is 1.17 bits per heavy atom. The van der Waals surface area contributed by atoms with Gasteiger partial charge in [-0.15, -0.1) is 12.4 Å². The summed E-state index contributed by atoms with van der Waals surface area (Å²) >= 11 is 0. The molecule has 0 radical (unpaired) electrons. The van der Waals surface area contributed by atoms with Crippen LogP contribution in [0.15, 0.2) is 28.8 Å². The van der Waals surface area contributed by atoms with Crippen molar-refractivity contribution in [1.29, 1.82) is 0 Å². The molecule has 0 amide bonds. The molecule has 0 aliphatic rings. The second-order valence-corrected chi connectivity index (χ2v) is 4.59. The quantitative estimate of drug-likeness (QED) is 0.928. The van der Waals surface area contributed by atoms with Gasteiger partial charge in [0.2, 0.25) is 11.7 Å². The molecule has 18 heavy (non-hydrogen) atoms. The van der Waals surface area contributed by atoms with E-state index in [0.29, 0.717) is 11.7 Å². The summed E-state index contributed by atoms with van der Waals surface area (Å²) in [6.45, 7) is 6.10. The van der Waals surface area contributed by atoms with Gasteiger partial charge in [0.15, 0.2) is 0 Å². The van der Waals surface area contributed by atoms with E-state index in [0.717, 1.165) is 5.56 Å². The van der Waals surface area contributed by atoms with Crippen LogP contribution in [0.3, 0.4) is 0 Å². The fourth-order valence-corrected chi connectivity index (χ4v) is 1.48. The third kappa shape index (κ3) is 3.09. The minimum Gasteiger partial charge on any atom is -0.337 e. The average Bonchev–Trinajstić information content (AvgIpc) is 2.78. The van der Waals surface area contributed by atoms with Gasteiger partial charge < -0.3 is 10.3 Å². The lowest BCUT2D eigenvalue weighted by atomic mass is 10.1. The van der Waals surface area contributed by atoms with Crippen LogP contribution in [0.2, 0.25) is 0 Å². The number of aryl methyl sites for hydroxylation is 1. The zero-order valence-electron chi connectivity index (χ0n) is 10.8. The SMILES string of the molecule is Cc1ccc(-c2noc(C(N)C(C)C)n2)cc1.Cl. The Morgan fingerprint density at radius 3 is 2.33 bits per heavy atom. The number of rotatable bonds is 3. The van der Waals surface area contributed by atoms with Crippen LogP contribution in [0.25, 0.3) is 11.4 Å². The molecule has 0 saturated carbocycles. The largest absolute Gasteiger partial charge is 0.337 e. The van der Waals surface area contributed by atoms with Crippen molar-refractivity contribution in [2.45, 2.75) is 26.8 Å². The number of aromatic nitrogens is 2. The second kappa shape index (κ2) is 5.98. The lowest BCUT2D eigenvalue weighted by Gasteiger charge is -2.09. The molecule has 5 heteroatoms. The molecule has 2 N–H and O–H groups in total. The first kappa shape index (κ1) is 14.7. The predicted octanol–water partition coefficient (Wildman–Crippen LogP) is 3.12. The van der Waals surface area contributed by atoms with E-state index in [1.54, 1.807) is 0 Å². The minimum absolute atomic E-state index is 0. The fourth-order valence-electron chi connectivity index (χ4n) is 1.48. The predicted molar refractivity (Wildman–Crippen MR) is 73.5 cm³/mol. The molecule has 0 spiro atoms. The van der Waals surface area contributed by atoms with Crippen LogP contribution in [-0.2, 0) is 0 Å². The van der Waals surface area contributed by atoms with Crippen molar-refractivity contribution in [2.75, 3.05) is 0 Å². The number of benzene rings is 1. The zero-order valence-corrected chi connectivity index (χ0v) is 11.6. The molecule has 4 nitrogen and oxygen atoms in total. The van der Waals surface area contributed by atoms with Gasteiger partial charge in [0, 0.05) is 5.56 Å². The molecule has 0 bridgehead atoms. The highest BCUT2D eigenvalue weighted by molar-refractivity contribution is 5.85. The smallest absolute Gasteiger partial charge is 0.244 e. The Kier molecular flexibility index (Phi) is 4.87. The van der Waals surface area contributed by atoms with E-state index in [2.05, 4.69) is 10.1 Å². The van der Waals surface area contributed by atoms with Gasteiger partial charge in [0.1, 0.15) is 0 Å². The highest BCUT2D eigenvalue weighted by Crippen LogP contribution is 2.21. The van der Waals surface area contributed by atoms with Crippen molar-refractivity contribution in [3.05, 3.63) is 35.7 Å². The molecule has 1 unspecified atom stereocenters. The third-order valence-electron chi connectivity index (χ3n) is 2.75. The van der Waals surface area contributed by atoms with E-state index in [9.17, 15) is 0 Å². The van der Waals surface area contributed by atoms with Crippen LogP contribution >= 0.6 is 12.4 Å². The Hall–Kier alpha value is -1.39. The molecule has 0 saturated heterocycles. The molecule has 0 aliphatic heterocycles. The van der Waals surface area contributed by atoms with Gasteiger partial charge in [0.25, 0.3) is 0 Å². The average molecular weight is 268 g/mol. The van der Waals surface area contributed by atoms with Crippen LogP contribution in [0, 0.1) is 12.8 Å². The van der Waals surface area contributed by atoms with E-state index in [4.69, 9.17) is 10.3 Å². The molecular formula is C13H18ClN3O. The van der Waals surface area contributed by atoms with E-state index < -0.39 is 0 Å². The Bertz CT molecular complexity index is 493. The van der Waals surface area contributed by atoms with Gasteiger partial charge in [-0.25, -0.2) is 0 Å². The van der Waals surface area contributed by atoms with Crippen LogP contribution in [0.4, 0.5) is 0 Å². The summed E-state index contributed by atoms with van der Waals surface area (Å²) in [7, 11) is 0. The standard InChI is InChI=1S/C13H17N3O.ClH/c1-8(2)11(14)13-15-12(16-17-13)10-6-4-9(3)5-7-10;/h4-8,11H,14H2,1-3H3;1H. The van der Waals surface area contributed by atoms with Crippen molar-refractivity contribution in [1.82, 2.24) is 10.1 Å². The Labute approximate surface area is 113 Å². The molecule has 2 rings (SSSR count). The van der Waals surface area contributed by atoms with E-state index in [1.165, 1.54) is 5.56 Å². The summed E-state index contributed by atoms with van der Waals surface area (Å²) in [5.41, 5.74) is 8.11. The van der Waals surface area contributed by atoms with Crippen LogP contribution in [0.5, 0.6) is 0 Å². The number of halogens is 1. The molecular weight excluding hydrogens is 250 g/mol. The van der Waals surface area contributed by atoms with Gasteiger partial charge in [0.05, 0.1) is 6.04 Å². The van der Waals surface area contributed by atoms with Crippen molar-refractivity contribution in [3.8, 4) is 11.4 Å². The van der Waals surface area contributed by atoms with Crippen molar-refractivity contribution in [3.63, 3.8) is 0 Å². The number of nitrogens with zero attached hydrogens (tertiary/aromatic N) is 2. The summed E-state index contributed by atoms with van der Waals surface area (Å²) in [4.78, 5) is 4.33. The maximum Gasteiger partial charge on any atom is 0.244 e. The summed E-state index contributed by atoms with van der Waals surface area (Å²) in [6.07, 6.45) is 0. The van der Waals surface area contributed by atoms with Crippen LogP contribution in [0.1, 0.15) is 31.3 Å². The normalized spacial score (nSPS) is 12.3. The van der Waals surface area contributed by atoms with E-state index in [1.807, 2.05) is 45.0 Å². The molecule has 2 aromatic rings. The van der Waals surface area contributed by atoms with Crippen molar-refractivity contribution >= 4 is 12.4 Å². The fraction of sp³-hybridized carbons (Fsp3) is 0.385. The number of hydrogen-bond donors (Lipinski definition) is 1. The second-order valence-electron chi connectivity index (χ2n) is 4.59. The van der Waals surface area contributed by atoms with Gasteiger partial charge in [-0.2, -0.15) is 4.98 Å². The van der Waals surface area contributed by atoms with Crippen molar-refractivity contribution < 1.29 is 4.52 Å². The monoisotopic (exact) mass is 267 g/mol. The van der Waals surface area contributed by atoms with Crippen LogP contribution < -0.4 is 5.73 Å². The maximum absolute atomic E-state index is 5.96. The molecule has 1 aromatic carbocycles. The van der Waals surface area contributed by atoms with Gasteiger partial charge in [-0.05, 0) is 12.8 Å². The summed E-state index contributed by atoms with van der Waals surface area (Å²) in [5, 5.41) is 3.95. The van der Waals surface area contributed by atoms with Gasteiger partial charge in [-0.1, -0.05) is 48.8 Å². The first-order chi connectivity index (χ1) is 8.08.